The maximum Gasteiger partial charge on any atom is 0.228 e. The summed E-state index contributed by atoms with van der Waals surface area (Å²) in [5.74, 6) is 0.987. The third-order valence-electron chi connectivity index (χ3n) is 3.93. The van der Waals surface area contributed by atoms with Gasteiger partial charge in [-0.15, -0.1) is 0 Å². The fraction of sp³-hybridized carbons (Fsp3) is 0.737. The molecule has 0 spiro atoms. The Morgan fingerprint density at radius 1 is 1.17 bits per heavy atom. The number of aromatic nitrogens is 2. The van der Waals surface area contributed by atoms with E-state index in [0.29, 0.717) is 6.42 Å². The van der Waals surface area contributed by atoms with E-state index in [2.05, 4.69) is 51.5 Å². The molecule has 1 aromatic heterocycles. The molecule has 0 bridgehead atoms. The van der Waals surface area contributed by atoms with E-state index in [-0.39, 0.29) is 17.4 Å². The first-order chi connectivity index (χ1) is 10.8. The third-order valence-corrected chi connectivity index (χ3v) is 3.93. The van der Waals surface area contributed by atoms with Gasteiger partial charge in [-0.05, 0) is 24.7 Å². The Hall–Kier alpha value is -1.45. The van der Waals surface area contributed by atoms with Gasteiger partial charge < -0.3 is 0 Å². The smallest absolute Gasteiger partial charge is 0.228 e. The summed E-state index contributed by atoms with van der Waals surface area (Å²) >= 11 is 0. The van der Waals surface area contributed by atoms with Crippen molar-refractivity contribution in [3.63, 3.8) is 0 Å². The first kappa shape index (κ1) is 19.6. The average molecular weight is 319 g/mol. The highest BCUT2D eigenvalue weighted by atomic mass is 16.2. The van der Waals surface area contributed by atoms with Crippen LogP contribution in [0.4, 0.5) is 5.82 Å². The van der Waals surface area contributed by atoms with Crippen LogP contribution in [-0.2, 0) is 11.2 Å². The van der Waals surface area contributed by atoms with Crippen LogP contribution in [0.1, 0.15) is 79.2 Å². The summed E-state index contributed by atoms with van der Waals surface area (Å²) in [5, 5.41) is 0. The van der Waals surface area contributed by atoms with Crippen LogP contribution in [0.25, 0.3) is 0 Å². The Balaban J connectivity index is 3.26. The normalized spacial score (nSPS) is 11.8. The van der Waals surface area contributed by atoms with Crippen LogP contribution < -0.4 is 4.90 Å². The second-order valence-corrected chi connectivity index (χ2v) is 7.46. The lowest BCUT2D eigenvalue weighted by Crippen LogP contribution is -2.43. The zero-order valence-electron chi connectivity index (χ0n) is 15.7. The molecule has 0 unspecified atom stereocenters. The number of nitrogens with zero attached hydrogens (tertiary/aromatic N) is 3. The van der Waals surface area contributed by atoms with Gasteiger partial charge >= 0.3 is 0 Å². The van der Waals surface area contributed by atoms with Gasteiger partial charge in [-0.2, -0.15) is 0 Å². The minimum atomic E-state index is -0.0300. The molecule has 130 valence electrons. The summed E-state index contributed by atoms with van der Waals surface area (Å²) in [6.45, 7) is 12.8. The predicted octanol–water partition coefficient (Wildman–Crippen LogP) is 4.78. The summed E-state index contributed by atoms with van der Waals surface area (Å²) in [6.07, 6.45) is 8.92. The molecule has 0 aliphatic rings. The predicted molar refractivity (Wildman–Crippen MR) is 96.6 cm³/mol. The van der Waals surface area contributed by atoms with E-state index in [1.165, 1.54) is 0 Å². The highest BCUT2D eigenvalue weighted by molar-refractivity contribution is 5.94. The van der Waals surface area contributed by atoms with Gasteiger partial charge in [0, 0.05) is 24.2 Å². The maximum atomic E-state index is 13.1. The Labute approximate surface area is 141 Å². The van der Waals surface area contributed by atoms with Crippen LogP contribution in [0, 0.1) is 5.41 Å². The lowest BCUT2D eigenvalue weighted by Gasteiger charge is -2.34. The van der Waals surface area contributed by atoms with Gasteiger partial charge in [0.25, 0.3) is 0 Å². The minimum Gasteiger partial charge on any atom is -0.293 e. The lowest BCUT2D eigenvalue weighted by molar-refractivity contribution is -0.120. The molecule has 4 nitrogen and oxygen atoms in total. The molecule has 0 aliphatic heterocycles. The largest absolute Gasteiger partial charge is 0.293 e. The van der Waals surface area contributed by atoms with Crippen molar-refractivity contribution in [2.45, 2.75) is 86.1 Å². The molecule has 1 amide bonds. The quantitative estimate of drug-likeness (QED) is 0.693. The Morgan fingerprint density at radius 2 is 1.78 bits per heavy atom. The fourth-order valence-corrected chi connectivity index (χ4v) is 2.92. The maximum absolute atomic E-state index is 13.1. The van der Waals surface area contributed by atoms with E-state index in [4.69, 9.17) is 0 Å². The molecule has 0 fully saturated rings. The topological polar surface area (TPSA) is 46.1 Å². The SMILES string of the molecule is CCCC(CCC)N(C(=O)CC(C)(C)C)c1ncncc1CC. The summed E-state index contributed by atoms with van der Waals surface area (Å²) < 4.78 is 0. The van der Waals surface area contributed by atoms with E-state index < -0.39 is 0 Å². The minimum absolute atomic E-state index is 0.0300. The van der Waals surface area contributed by atoms with Crippen molar-refractivity contribution in [3.8, 4) is 0 Å². The molecule has 4 heteroatoms. The van der Waals surface area contributed by atoms with Crippen molar-refractivity contribution in [1.29, 1.82) is 0 Å². The Morgan fingerprint density at radius 3 is 2.26 bits per heavy atom. The van der Waals surface area contributed by atoms with Crippen molar-refractivity contribution in [2.75, 3.05) is 4.90 Å². The number of carbonyl (C=O) groups excluding carboxylic acids is 1. The van der Waals surface area contributed by atoms with Crippen LogP contribution in [0.15, 0.2) is 12.5 Å². The molecule has 1 heterocycles. The van der Waals surface area contributed by atoms with Gasteiger partial charge in [-0.25, -0.2) is 9.97 Å². The number of carbonyl (C=O) groups is 1. The molecule has 23 heavy (non-hydrogen) atoms. The first-order valence-electron chi connectivity index (χ1n) is 8.94. The second-order valence-electron chi connectivity index (χ2n) is 7.46. The van der Waals surface area contributed by atoms with Crippen molar-refractivity contribution in [1.82, 2.24) is 9.97 Å². The molecule has 1 rings (SSSR count). The van der Waals surface area contributed by atoms with Crippen LogP contribution in [0.3, 0.4) is 0 Å². The van der Waals surface area contributed by atoms with E-state index in [1.54, 1.807) is 6.33 Å². The van der Waals surface area contributed by atoms with Gasteiger partial charge in [-0.3, -0.25) is 9.69 Å². The second kappa shape index (κ2) is 8.99. The van der Waals surface area contributed by atoms with E-state index in [9.17, 15) is 4.79 Å². The summed E-state index contributed by atoms with van der Waals surface area (Å²) in [5.41, 5.74) is 1.02. The number of anilines is 1. The number of aryl methyl sites for hydroxylation is 1. The number of hydrogen-bond acceptors (Lipinski definition) is 3. The van der Waals surface area contributed by atoms with Crippen LogP contribution in [-0.4, -0.2) is 21.9 Å². The molecule has 0 aromatic carbocycles. The molecule has 0 N–H and O–H groups in total. The molecule has 0 saturated carbocycles. The zero-order valence-corrected chi connectivity index (χ0v) is 15.7. The van der Waals surface area contributed by atoms with E-state index in [1.807, 2.05) is 11.1 Å². The monoisotopic (exact) mass is 319 g/mol. The Bertz CT molecular complexity index is 488. The summed E-state index contributed by atoms with van der Waals surface area (Å²) in [6, 6.07) is 0.222. The van der Waals surface area contributed by atoms with Gasteiger partial charge in [0.15, 0.2) is 0 Å². The highest BCUT2D eigenvalue weighted by Gasteiger charge is 2.29. The average Bonchev–Trinajstić information content (AvgIpc) is 2.46. The van der Waals surface area contributed by atoms with Crippen molar-refractivity contribution < 1.29 is 4.79 Å². The third kappa shape index (κ3) is 5.92. The number of amides is 1. The molecule has 0 radical (unpaired) electrons. The lowest BCUT2D eigenvalue weighted by atomic mass is 9.90. The zero-order chi connectivity index (χ0) is 17.5. The van der Waals surface area contributed by atoms with Gasteiger partial charge in [0.1, 0.15) is 12.1 Å². The summed E-state index contributed by atoms with van der Waals surface area (Å²) in [7, 11) is 0. The molecule has 1 aromatic rings. The van der Waals surface area contributed by atoms with Crippen LogP contribution in [0.2, 0.25) is 0 Å². The fourth-order valence-electron chi connectivity index (χ4n) is 2.92. The Kier molecular flexibility index (Phi) is 7.66. The number of rotatable bonds is 8. The highest BCUT2D eigenvalue weighted by Crippen LogP contribution is 2.28. The van der Waals surface area contributed by atoms with Gasteiger partial charge in [0.05, 0.1) is 0 Å². The van der Waals surface area contributed by atoms with Crippen molar-refractivity contribution in [2.24, 2.45) is 5.41 Å². The van der Waals surface area contributed by atoms with E-state index >= 15 is 0 Å². The first-order valence-corrected chi connectivity index (χ1v) is 8.94. The number of hydrogen-bond donors (Lipinski definition) is 0. The molecule has 0 saturated heterocycles. The standard InChI is InChI=1S/C19H33N3O/c1-7-10-16(11-8-2)22(17(23)12-19(4,5)6)18-15(9-3)13-20-14-21-18/h13-14,16H,7-12H2,1-6H3. The van der Waals surface area contributed by atoms with E-state index in [0.717, 1.165) is 43.5 Å². The molecular formula is C19H33N3O. The van der Waals surface area contributed by atoms with Crippen molar-refractivity contribution >= 4 is 11.7 Å². The molecular weight excluding hydrogens is 286 g/mol. The van der Waals surface area contributed by atoms with Crippen LogP contribution >= 0.6 is 0 Å². The van der Waals surface area contributed by atoms with Crippen molar-refractivity contribution in [3.05, 3.63) is 18.1 Å². The van der Waals surface area contributed by atoms with Crippen LogP contribution in [0.5, 0.6) is 0 Å². The molecule has 0 atom stereocenters. The van der Waals surface area contributed by atoms with Gasteiger partial charge in [-0.1, -0.05) is 54.4 Å². The van der Waals surface area contributed by atoms with Gasteiger partial charge in [0.2, 0.25) is 5.91 Å². The molecule has 0 aliphatic carbocycles. The summed E-state index contributed by atoms with van der Waals surface area (Å²) in [4.78, 5) is 23.7.